The number of Topliss-reactive ketones (excluding diaryl/α,β-unsaturated/α-hetero) is 1. The molecule has 31 heavy (non-hydrogen) atoms. The predicted molar refractivity (Wildman–Crippen MR) is 115 cm³/mol. The summed E-state index contributed by atoms with van der Waals surface area (Å²) in [4.78, 5) is 24.3. The van der Waals surface area contributed by atoms with E-state index in [0.717, 1.165) is 11.4 Å². The fraction of sp³-hybridized carbons (Fsp3) is 0.125. The van der Waals surface area contributed by atoms with Crippen LogP contribution < -0.4 is 9.64 Å². The average molecular weight is 417 g/mol. The fourth-order valence-electron chi connectivity index (χ4n) is 3.62. The van der Waals surface area contributed by atoms with Crippen LogP contribution >= 0.6 is 0 Å². The first-order chi connectivity index (χ1) is 14.9. The number of rotatable bonds is 6. The Kier molecular flexibility index (Phi) is 5.51. The molecule has 7 heteroatoms. The molecule has 7 nitrogen and oxygen atoms in total. The van der Waals surface area contributed by atoms with Crippen LogP contribution in [0.2, 0.25) is 0 Å². The van der Waals surface area contributed by atoms with Gasteiger partial charge in [-0.25, -0.2) is 0 Å². The zero-order chi connectivity index (χ0) is 22.0. The van der Waals surface area contributed by atoms with Gasteiger partial charge in [-0.05, 0) is 35.9 Å². The molecule has 1 aliphatic rings. The number of benzene rings is 3. The van der Waals surface area contributed by atoms with E-state index in [1.165, 1.54) is 23.8 Å². The third-order valence-corrected chi connectivity index (χ3v) is 5.15. The third kappa shape index (κ3) is 4.31. The van der Waals surface area contributed by atoms with Crippen molar-refractivity contribution in [1.82, 2.24) is 0 Å². The van der Waals surface area contributed by atoms with E-state index in [4.69, 9.17) is 4.74 Å². The molecular formula is C24H21N2O5+. The van der Waals surface area contributed by atoms with E-state index in [1.807, 2.05) is 37.4 Å². The molecule has 0 fully saturated rings. The van der Waals surface area contributed by atoms with Gasteiger partial charge in [-0.1, -0.05) is 30.3 Å². The SMILES string of the molecule is C[NH+](Cc1ccccc1)Cc1c(O)ccc2c1O/C(=C/c1ccc([N+](=O)[O-])cc1)C2=O. The van der Waals surface area contributed by atoms with Crippen LogP contribution in [0.25, 0.3) is 6.08 Å². The molecule has 0 radical (unpaired) electrons. The minimum atomic E-state index is -0.479. The van der Waals surface area contributed by atoms with Gasteiger partial charge in [-0.2, -0.15) is 0 Å². The Bertz CT molecular complexity index is 1170. The lowest BCUT2D eigenvalue weighted by Gasteiger charge is -2.16. The number of carbonyl (C=O) groups excluding carboxylic acids is 1. The maximum Gasteiger partial charge on any atom is 0.269 e. The number of phenols is 1. The number of carbonyl (C=O) groups is 1. The smallest absolute Gasteiger partial charge is 0.269 e. The summed E-state index contributed by atoms with van der Waals surface area (Å²) >= 11 is 0. The maximum atomic E-state index is 12.8. The number of aromatic hydroxyl groups is 1. The van der Waals surface area contributed by atoms with Gasteiger partial charge in [0.2, 0.25) is 5.78 Å². The number of nitro benzene ring substituents is 1. The van der Waals surface area contributed by atoms with Crippen LogP contribution in [0.15, 0.2) is 72.5 Å². The molecule has 1 atom stereocenters. The van der Waals surface area contributed by atoms with Crippen LogP contribution in [0, 0.1) is 10.1 Å². The largest absolute Gasteiger partial charge is 0.507 e. The number of nitrogens with zero attached hydrogens (tertiary/aromatic N) is 1. The summed E-state index contributed by atoms with van der Waals surface area (Å²) < 4.78 is 5.87. The molecule has 0 aromatic heterocycles. The first-order valence-electron chi connectivity index (χ1n) is 9.81. The van der Waals surface area contributed by atoms with Crippen LogP contribution in [0.3, 0.4) is 0 Å². The lowest BCUT2D eigenvalue weighted by Crippen LogP contribution is -3.06. The Morgan fingerprint density at radius 3 is 2.42 bits per heavy atom. The van der Waals surface area contributed by atoms with Crippen molar-refractivity contribution in [3.8, 4) is 11.5 Å². The number of non-ortho nitro benzene ring substituents is 1. The fourth-order valence-corrected chi connectivity index (χ4v) is 3.62. The van der Waals surface area contributed by atoms with Gasteiger partial charge in [0.15, 0.2) is 11.5 Å². The molecule has 1 aliphatic heterocycles. The summed E-state index contributed by atoms with van der Waals surface area (Å²) in [6, 6.07) is 19.0. The van der Waals surface area contributed by atoms with Crippen LogP contribution in [-0.2, 0) is 13.1 Å². The lowest BCUT2D eigenvalue weighted by molar-refractivity contribution is -0.907. The summed E-state index contributed by atoms with van der Waals surface area (Å²) in [5.74, 6) is 0.285. The van der Waals surface area contributed by atoms with Crippen molar-refractivity contribution in [3.63, 3.8) is 0 Å². The normalized spacial score (nSPS) is 14.9. The first-order valence-corrected chi connectivity index (χ1v) is 9.81. The van der Waals surface area contributed by atoms with Gasteiger partial charge < -0.3 is 14.7 Å². The molecule has 1 heterocycles. The van der Waals surface area contributed by atoms with Gasteiger partial charge in [-0.15, -0.1) is 0 Å². The van der Waals surface area contributed by atoms with E-state index in [-0.39, 0.29) is 23.0 Å². The van der Waals surface area contributed by atoms with Crippen molar-refractivity contribution in [2.75, 3.05) is 7.05 Å². The number of allylic oxidation sites excluding steroid dienone is 1. The predicted octanol–water partition coefficient (Wildman–Crippen LogP) is 3.13. The van der Waals surface area contributed by atoms with Crippen molar-refractivity contribution in [2.24, 2.45) is 0 Å². The molecule has 156 valence electrons. The molecule has 0 amide bonds. The monoisotopic (exact) mass is 417 g/mol. The number of hydrogen-bond donors (Lipinski definition) is 2. The highest BCUT2D eigenvalue weighted by Crippen LogP contribution is 2.39. The topological polar surface area (TPSA) is 94.1 Å². The van der Waals surface area contributed by atoms with Gasteiger partial charge in [0, 0.05) is 17.7 Å². The minimum absolute atomic E-state index is 0.0271. The molecule has 0 aliphatic carbocycles. The summed E-state index contributed by atoms with van der Waals surface area (Å²) in [6.07, 6.45) is 1.55. The van der Waals surface area contributed by atoms with Gasteiger partial charge in [0.05, 0.1) is 23.1 Å². The average Bonchev–Trinajstić information content (AvgIpc) is 3.07. The summed E-state index contributed by atoms with van der Waals surface area (Å²) in [6.45, 7) is 1.23. The van der Waals surface area contributed by atoms with Gasteiger partial charge in [0.1, 0.15) is 18.8 Å². The Morgan fingerprint density at radius 1 is 1.03 bits per heavy atom. The lowest BCUT2D eigenvalue weighted by atomic mass is 10.0. The molecule has 0 bridgehead atoms. The number of nitrogens with one attached hydrogen (secondary N) is 1. The van der Waals surface area contributed by atoms with E-state index >= 15 is 0 Å². The number of phenolic OH excluding ortho intramolecular Hbond substituents is 1. The highest BCUT2D eigenvalue weighted by atomic mass is 16.6. The minimum Gasteiger partial charge on any atom is -0.507 e. The van der Waals surface area contributed by atoms with Gasteiger partial charge in [0.25, 0.3) is 5.69 Å². The Hall–Kier alpha value is -3.97. The van der Waals surface area contributed by atoms with Crippen LogP contribution in [0.4, 0.5) is 5.69 Å². The molecule has 0 spiro atoms. The molecule has 4 rings (SSSR count). The molecule has 0 saturated carbocycles. The van der Waals surface area contributed by atoms with E-state index in [1.54, 1.807) is 24.3 Å². The van der Waals surface area contributed by atoms with Crippen molar-refractivity contribution in [1.29, 1.82) is 0 Å². The van der Waals surface area contributed by atoms with Gasteiger partial charge in [-0.3, -0.25) is 14.9 Å². The molecule has 3 aromatic rings. The second-order valence-corrected chi connectivity index (χ2v) is 7.52. The van der Waals surface area contributed by atoms with Crippen LogP contribution in [-0.4, -0.2) is 22.9 Å². The molecule has 3 aromatic carbocycles. The van der Waals surface area contributed by atoms with Crippen LogP contribution in [0.5, 0.6) is 11.5 Å². The zero-order valence-corrected chi connectivity index (χ0v) is 16.9. The number of quaternary nitrogens is 1. The summed E-state index contributed by atoms with van der Waals surface area (Å²) in [5.41, 5.74) is 2.72. The van der Waals surface area contributed by atoms with Crippen molar-refractivity contribution >= 4 is 17.5 Å². The number of nitro groups is 1. The van der Waals surface area contributed by atoms with Crippen LogP contribution in [0.1, 0.15) is 27.0 Å². The van der Waals surface area contributed by atoms with E-state index in [0.29, 0.717) is 29.0 Å². The quantitative estimate of drug-likeness (QED) is 0.365. The standard InChI is InChI=1S/C24H20N2O5/c1-25(14-17-5-3-2-4-6-17)15-20-21(27)12-11-19-23(28)22(31-24(19)20)13-16-7-9-18(10-8-16)26(29)30/h2-13,27H,14-15H2,1H3/p+1/b22-13+. The Morgan fingerprint density at radius 2 is 1.74 bits per heavy atom. The first kappa shape index (κ1) is 20.3. The maximum absolute atomic E-state index is 12.8. The number of ketones is 1. The second-order valence-electron chi connectivity index (χ2n) is 7.52. The number of ether oxygens (including phenoxy) is 1. The molecule has 1 unspecified atom stereocenters. The Balaban J connectivity index is 1.58. The highest BCUT2D eigenvalue weighted by molar-refractivity contribution is 6.15. The van der Waals surface area contributed by atoms with E-state index < -0.39 is 4.92 Å². The van der Waals surface area contributed by atoms with Crippen molar-refractivity contribution < 1.29 is 24.5 Å². The van der Waals surface area contributed by atoms with E-state index in [9.17, 15) is 20.0 Å². The van der Waals surface area contributed by atoms with E-state index in [2.05, 4.69) is 0 Å². The second kappa shape index (κ2) is 8.41. The molecule has 2 N–H and O–H groups in total. The molecule has 0 saturated heterocycles. The highest BCUT2D eigenvalue weighted by Gasteiger charge is 2.32. The summed E-state index contributed by atoms with van der Waals surface area (Å²) in [5, 5.41) is 21.3. The zero-order valence-electron chi connectivity index (χ0n) is 16.9. The van der Waals surface area contributed by atoms with Crippen molar-refractivity contribution in [3.05, 3.63) is 105 Å². The summed E-state index contributed by atoms with van der Waals surface area (Å²) in [7, 11) is 2.01. The van der Waals surface area contributed by atoms with Crippen molar-refractivity contribution in [2.45, 2.75) is 13.1 Å². The Labute approximate surface area is 179 Å². The number of fused-ring (bicyclic) bond motifs is 1. The molecular weight excluding hydrogens is 396 g/mol. The number of hydrogen-bond acceptors (Lipinski definition) is 5. The third-order valence-electron chi connectivity index (χ3n) is 5.15. The van der Waals surface area contributed by atoms with Gasteiger partial charge >= 0.3 is 0 Å².